The number of hydrogen-bond donors (Lipinski definition) is 0. The zero-order chi connectivity index (χ0) is 29.8. The lowest BCUT2D eigenvalue weighted by molar-refractivity contribution is -0.386. The molecule has 0 saturated carbocycles. The van der Waals surface area contributed by atoms with E-state index in [4.69, 9.17) is 14.5 Å². The molecule has 4 rings (SSSR count). The van der Waals surface area contributed by atoms with Crippen LogP contribution in [-0.2, 0) is 0 Å². The first kappa shape index (κ1) is 29.9. The van der Waals surface area contributed by atoms with Crippen molar-refractivity contribution in [2.75, 3.05) is 6.61 Å². The molecule has 0 amide bonds. The van der Waals surface area contributed by atoms with Crippen LogP contribution in [0.15, 0.2) is 62.9 Å². The quantitative estimate of drug-likeness (QED) is 0.102. The highest BCUT2D eigenvalue weighted by molar-refractivity contribution is 9.10. The maximum absolute atomic E-state index is 13.7. The van der Waals surface area contributed by atoms with Crippen molar-refractivity contribution in [2.24, 2.45) is 5.10 Å². The summed E-state index contributed by atoms with van der Waals surface area (Å²) in [4.78, 5) is 30.0. The minimum atomic E-state index is -0.494. The third-order valence-electron chi connectivity index (χ3n) is 6.73. The van der Waals surface area contributed by atoms with Gasteiger partial charge < -0.3 is 9.47 Å². The minimum Gasteiger partial charge on any atom is -0.494 e. The molecular weight excluding hydrogens is 588 g/mol. The van der Waals surface area contributed by atoms with E-state index >= 15 is 0 Å². The van der Waals surface area contributed by atoms with Crippen molar-refractivity contribution in [3.63, 3.8) is 0 Å². The molecule has 1 aromatic heterocycles. The number of aryl methyl sites for hydroxylation is 1. The van der Waals surface area contributed by atoms with Gasteiger partial charge in [0.2, 0.25) is 5.75 Å². The monoisotopic (exact) mass is 620 g/mol. The number of hydrogen-bond acceptors (Lipinski definition) is 7. The van der Waals surface area contributed by atoms with Gasteiger partial charge in [0.05, 0.1) is 39.2 Å². The molecule has 0 unspecified atom stereocenters. The van der Waals surface area contributed by atoms with Crippen LogP contribution in [0.2, 0.25) is 0 Å². The number of fused-ring (bicyclic) bond motifs is 1. The summed E-state index contributed by atoms with van der Waals surface area (Å²) in [6.45, 7) is 12.4. The fourth-order valence-corrected chi connectivity index (χ4v) is 4.97. The highest BCUT2D eigenvalue weighted by Gasteiger charge is 2.22. The molecule has 9 nitrogen and oxygen atoms in total. The summed E-state index contributed by atoms with van der Waals surface area (Å²) in [5.41, 5.74) is 3.00. The van der Waals surface area contributed by atoms with Crippen molar-refractivity contribution < 1.29 is 14.4 Å². The lowest BCUT2D eigenvalue weighted by atomic mass is 9.96. The van der Waals surface area contributed by atoms with Gasteiger partial charge >= 0.3 is 5.69 Å². The lowest BCUT2D eigenvalue weighted by Gasteiger charge is -2.18. The van der Waals surface area contributed by atoms with Gasteiger partial charge in [-0.2, -0.15) is 9.78 Å². The molecule has 0 saturated heterocycles. The van der Waals surface area contributed by atoms with Crippen molar-refractivity contribution in [1.82, 2.24) is 9.66 Å². The molecule has 4 aromatic rings. The Morgan fingerprint density at radius 2 is 1.88 bits per heavy atom. The maximum atomic E-state index is 13.7. The molecule has 41 heavy (non-hydrogen) atoms. The number of aromatic nitrogens is 2. The second-order valence-electron chi connectivity index (χ2n) is 10.1. The number of benzene rings is 3. The number of halogens is 1. The molecule has 0 aliphatic carbocycles. The molecular formula is C31H33BrN4O5. The van der Waals surface area contributed by atoms with Crippen molar-refractivity contribution >= 4 is 38.7 Å². The summed E-state index contributed by atoms with van der Waals surface area (Å²) in [5.74, 6) is 1.46. The number of para-hydroxylation sites is 1. The highest BCUT2D eigenvalue weighted by Crippen LogP contribution is 2.37. The number of nitrogens with zero attached hydrogens (tertiary/aromatic N) is 4. The molecule has 0 aliphatic heterocycles. The first-order valence-corrected chi connectivity index (χ1v) is 14.3. The Balaban J connectivity index is 1.93. The van der Waals surface area contributed by atoms with E-state index in [1.54, 1.807) is 24.3 Å². The topological polar surface area (TPSA) is 109 Å². The molecule has 0 radical (unpaired) electrons. The van der Waals surface area contributed by atoms with Crippen LogP contribution in [0.5, 0.6) is 11.5 Å². The average Bonchev–Trinajstić information content (AvgIpc) is 2.93. The van der Waals surface area contributed by atoms with Crippen LogP contribution in [0.1, 0.15) is 63.6 Å². The standard InChI is InChI=1S/C31H33BrN4O5/c1-7-20(6)41-29-25(32)14-21(15-27(29)36(38)39)17-33-35-30(34-26-12-10-9-11-22(26)31(35)37)24-16-23(18(3)4)28(40-8-2)13-19(24)5/h9-18,20H,7-8H2,1-6H3/t20-/m0/s1. The van der Waals surface area contributed by atoms with Crippen LogP contribution in [0.3, 0.4) is 0 Å². The van der Waals surface area contributed by atoms with Crippen LogP contribution in [0, 0.1) is 17.0 Å². The first-order valence-electron chi connectivity index (χ1n) is 13.5. The Kier molecular flexibility index (Phi) is 9.22. The largest absolute Gasteiger partial charge is 0.494 e. The number of ether oxygens (including phenoxy) is 2. The van der Waals surface area contributed by atoms with Gasteiger partial charge in [0, 0.05) is 17.2 Å². The third-order valence-corrected chi connectivity index (χ3v) is 7.32. The summed E-state index contributed by atoms with van der Waals surface area (Å²) in [6.07, 6.45) is 1.90. The van der Waals surface area contributed by atoms with Gasteiger partial charge in [-0.3, -0.25) is 14.9 Å². The van der Waals surface area contributed by atoms with E-state index in [0.29, 0.717) is 39.8 Å². The van der Waals surface area contributed by atoms with E-state index in [1.807, 2.05) is 45.9 Å². The van der Waals surface area contributed by atoms with Crippen LogP contribution in [-0.4, -0.2) is 33.5 Å². The molecule has 0 aliphatic rings. The van der Waals surface area contributed by atoms with Gasteiger partial charge in [-0.1, -0.05) is 32.9 Å². The van der Waals surface area contributed by atoms with E-state index in [1.165, 1.54) is 17.0 Å². The van der Waals surface area contributed by atoms with Gasteiger partial charge in [-0.05, 0) is 90.5 Å². The van der Waals surface area contributed by atoms with Crippen molar-refractivity contribution in [1.29, 1.82) is 0 Å². The SMILES string of the molecule is CCOc1cc(C)c(-c2nc3ccccc3c(=O)n2N=Cc2cc(Br)c(O[C@@H](C)CC)c([N+](=O)[O-])c2)cc1C(C)C. The fourth-order valence-electron chi connectivity index (χ4n) is 4.41. The van der Waals surface area contributed by atoms with Crippen LogP contribution in [0.25, 0.3) is 22.3 Å². The van der Waals surface area contributed by atoms with Crippen LogP contribution < -0.4 is 15.0 Å². The van der Waals surface area contributed by atoms with Gasteiger partial charge in [0.25, 0.3) is 5.56 Å². The van der Waals surface area contributed by atoms with E-state index in [0.717, 1.165) is 22.4 Å². The summed E-state index contributed by atoms with van der Waals surface area (Å²) < 4.78 is 13.4. The number of rotatable bonds is 10. The molecule has 1 atom stereocenters. The second kappa shape index (κ2) is 12.6. The maximum Gasteiger partial charge on any atom is 0.312 e. The molecule has 3 aromatic carbocycles. The normalized spacial score (nSPS) is 12.3. The van der Waals surface area contributed by atoms with Crippen LogP contribution in [0.4, 0.5) is 5.69 Å². The van der Waals surface area contributed by atoms with Gasteiger partial charge in [0.1, 0.15) is 5.75 Å². The van der Waals surface area contributed by atoms with Gasteiger partial charge in [-0.25, -0.2) is 4.98 Å². The number of nitro groups is 1. The Labute approximate surface area is 247 Å². The van der Waals surface area contributed by atoms with Crippen LogP contribution >= 0.6 is 15.9 Å². The molecule has 0 spiro atoms. The van der Waals surface area contributed by atoms with Gasteiger partial charge in [0.15, 0.2) is 5.82 Å². The minimum absolute atomic E-state index is 0.151. The summed E-state index contributed by atoms with van der Waals surface area (Å²) in [6, 6.07) is 14.1. The zero-order valence-electron chi connectivity index (χ0n) is 24.0. The Bertz CT molecular complexity index is 1700. The Morgan fingerprint density at radius 3 is 2.54 bits per heavy atom. The molecule has 0 N–H and O–H groups in total. The molecule has 1 heterocycles. The summed E-state index contributed by atoms with van der Waals surface area (Å²) in [5, 5.41) is 16.8. The fraction of sp³-hybridized carbons (Fsp3) is 0.323. The van der Waals surface area contributed by atoms with Gasteiger partial charge in [-0.15, -0.1) is 0 Å². The molecule has 0 fully saturated rings. The molecule has 0 bridgehead atoms. The Morgan fingerprint density at radius 1 is 1.15 bits per heavy atom. The third kappa shape index (κ3) is 6.32. The molecule has 214 valence electrons. The van der Waals surface area contributed by atoms with Crippen molar-refractivity contribution in [3.05, 3.63) is 90.2 Å². The van der Waals surface area contributed by atoms with E-state index in [-0.39, 0.29) is 29.0 Å². The number of nitro benzene ring substituents is 1. The smallest absolute Gasteiger partial charge is 0.312 e. The zero-order valence-corrected chi connectivity index (χ0v) is 25.6. The van der Waals surface area contributed by atoms with E-state index in [9.17, 15) is 14.9 Å². The highest BCUT2D eigenvalue weighted by atomic mass is 79.9. The molecule has 10 heteroatoms. The predicted molar refractivity (Wildman–Crippen MR) is 166 cm³/mol. The van der Waals surface area contributed by atoms with E-state index in [2.05, 4.69) is 34.9 Å². The summed E-state index contributed by atoms with van der Waals surface area (Å²) in [7, 11) is 0. The second-order valence-corrected chi connectivity index (χ2v) is 10.9. The first-order chi connectivity index (χ1) is 19.5. The van der Waals surface area contributed by atoms with E-state index < -0.39 is 4.92 Å². The Hall–Kier alpha value is -4.05. The van der Waals surface area contributed by atoms with Crippen molar-refractivity contribution in [2.45, 2.75) is 60.0 Å². The predicted octanol–water partition coefficient (Wildman–Crippen LogP) is 7.62. The van der Waals surface area contributed by atoms with Crippen molar-refractivity contribution in [3.8, 4) is 22.9 Å². The lowest BCUT2D eigenvalue weighted by Crippen LogP contribution is -2.21. The summed E-state index contributed by atoms with van der Waals surface area (Å²) >= 11 is 3.42. The average molecular weight is 622 g/mol.